The first-order chi connectivity index (χ1) is 21.7. The lowest BCUT2D eigenvalue weighted by Gasteiger charge is -2.32. The number of hydrogen-bond acceptors (Lipinski definition) is 17. The van der Waals surface area contributed by atoms with Crippen LogP contribution in [0.1, 0.15) is 19.6 Å². The summed E-state index contributed by atoms with van der Waals surface area (Å²) in [6.45, 7) is 0.196. The molecule has 10 atom stereocenters. The molecule has 0 radical (unpaired) electrons. The Balaban J connectivity index is 1.19. The standard InChI is InChI=1S/C22H28N10O12P2/c1-22(32-7-28-10-16(23)25-5-26-17(10)32)2-8-3-40-45(36,37)44-14-9(4-41-46(38,39)43-13(8)15(22)34)42-20(12(14)33)31-6-27-11-18(31)29-21(24)30-19(11)35/h5-9,12-15,20,33-34H,2-4H2,1H3,(H,36,37)(H,38,39)(H2,23,25,26)(H3,24,29,30,35)/t8-,9-,12-,13-,14-,15-,20-,22?/m1/s1. The summed E-state index contributed by atoms with van der Waals surface area (Å²) in [5.41, 5.74) is 9.86. The number of nitrogens with zero attached hydrogens (tertiary/aromatic N) is 7. The van der Waals surface area contributed by atoms with E-state index in [-0.39, 0.29) is 40.5 Å². The molecule has 7 rings (SSSR count). The molecule has 1 saturated carbocycles. The van der Waals surface area contributed by atoms with E-state index in [1.54, 1.807) is 6.92 Å². The van der Waals surface area contributed by atoms with E-state index < -0.39 is 82.6 Å². The lowest BCUT2D eigenvalue weighted by molar-refractivity contribution is -0.0630. The van der Waals surface area contributed by atoms with Crippen LogP contribution in [0.15, 0.2) is 23.8 Å². The molecular formula is C22H28N10O12P2. The molecule has 0 amide bonds. The Morgan fingerprint density at radius 2 is 1.67 bits per heavy atom. The van der Waals surface area contributed by atoms with Crippen molar-refractivity contribution >= 4 is 49.7 Å². The molecule has 3 unspecified atom stereocenters. The summed E-state index contributed by atoms with van der Waals surface area (Å²) in [6, 6.07) is 0. The van der Waals surface area contributed by atoms with Gasteiger partial charge in [-0.15, -0.1) is 0 Å². The van der Waals surface area contributed by atoms with E-state index in [2.05, 4.69) is 29.9 Å². The summed E-state index contributed by atoms with van der Waals surface area (Å²) in [5.74, 6) is -1.15. The second-order valence-corrected chi connectivity index (χ2v) is 14.1. The number of aromatic nitrogens is 8. The molecule has 0 spiro atoms. The van der Waals surface area contributed by atoms with E-state index in [0.29, 0.717) is 0 Å². The molecule has 4 aromatic heterocycles. The van der Waals surface area contributed by atoms with E-state index in [4.69, 9.17) is 34.3 Å². The van der Waals surface area contributed by atoms with E-state index in [1.165, 1.54) is 17.2 Å². The number of hydrogen-bond donors (Lipinski definition) is 7. The molecule has 4 aromatic rings. The Bertz CT molecular complexity index is 1990. The average molecular weight is 686 g/mol. The van der Waals surface area contributed by atoms with Gasteiger partial charge in [0, 0.05) is 5.92 Å². The van der Waals surface area contributed by atoms with Crippen LogP contribution in [0.25, 0.3) is 22.3 Å². The minimum Gasteiger partial charge on any atom is -0.388 e. The Hall–Kier alpha value is -3.40. The summed E-state index contributed by atoms with van der Waals surface area (Å²) < 4.78 is 56.2. The molecule has 22 nitrogen and oxygen atoms in total. The molecule has 1 aliphatic carbocycles. The molecule has 248 valence electrons. The predicted octanol–water partition coefficient (Wildman–Crippen LogP) is -1.50. The second kappa shape index (κ2) is 10.8. The number of fused-ring (bicyclic) bond motifs is 4. The minimum atomic E-state index is -5.00. The van der Waals surface area contributed by atoms with Gasteiger partial charge in [0.25, 0.3) is 5.56 Å². The zero-order valence-corrected chi connectivity index (χ0v) is 25.4. The number of nitrogens with one attached hydrogen (secondary N) is 1. The molecule has 0 aromatic carbocycles. The van der Waals surface area contributed by atoms with Crippen LogP contribution in [0.3, 0.4) is 0 Å². The first kappa shape index (κ1) is 31.2. The molecule has 0 bridgehead atoms. The highest BCUT2D eigenvalue weighted by molar-refractivity contribution is 7.47. The Kier molecular flexibility index (Phi) is 7.34. The predicted molar refractivity (Wildman–Crippen MR) is 151 cm³/mol. The number of aromatic amines is 1. The maximum atomic E-state index is 13.2. The molecule has 46 heavy (non-hydrogen) atoms. The fourth-order valence-electron chi connectivity index (χ4n) is 6.21. The lowest BCUT2D eigenvalue weighted by Crippen LogP contribution is -2.43. The van der Waals surface area contributed by atoms with Gasteiger partial charge < -0.3 is 40.8 Å². The maximum Gasteiger partial charge on any atom is 0.472 e. The van der Waals surface area contributed by atoms with Crippen LogP contribution in [-0.4, -0.2) is 103 Å². The van der Waals surface area contributed by atoms with E-state index in [9.17, 15) is 33.9 Å². The van der Waals surface area contributed by atoms with Crippen LogP contribution < -0.4 is 17.0 Å². The molecule has 6 heterocycles. The monoisotopic (exact) mass is 686 g/mol. The van der Waals surface area contributed by atoms with Gasteiger partial charge in [0.15, 0.2) is 28.9 Å². The fraction of sp³-hybridized carbons (Fsp3) is 0.545. The minimum absolute atomic E-state index is 0.0307. The van der Waals surface area contributed by atoms with Crippen LogP contribution in [-0.2, 0) is 37.5 Å². The van der Waals surface area contributed by atoms with E-state index in [1.807, 2.05) is 0 Å². The third kappa shape index (κ3) is 5.11. The number of phosphoric acid groups is 2. The number of phosphoric ester groups is 2. The Morgan fingerprint density at radius 1 is 0.978 bits per heavy atom. The number of ether oxygens (including phenoxy) is 1. The Labute approximate surface area is 256 Å². The normalized spacial score (nSPS) is 38.8. The zero-order chi connectivity index (χ0) is 32.8. The number of rotatable bonds is 2. The van der Waals surface area contributed by atoms with Gasteiger partial charge in [0.05, 0.1) is 31.4 Å². The van der Waals surface area contributed by atoms with Gasteiger partial charge in [0.2, 0.25) is 5.95 Å². The molecule has 2 saturated heterocycles. The van der Waals surface area contributed by atoms with Crippen LogP contribution in [0.4, 0.5) is 11.8 Å². The van der Waals surface area contributed by atoms with Crippen molar-refractivity contribution in [1.82, 2.24) is 39.0 Å². The number of aliphatic hydroxyl groups is 2. The van der Waals surface area contributed by atoms with Crippen molar-refractivity contribution in [3.05, 3.63) is 29.3 Å². The number of nitrogens with two attached hydrogens (primary N) is 2. The van der Waals surface area contributed by atoms with Crippen molar-refractivity contribution in [1.29, 1.82) is 0 Å². The smallest absolute Gasteiger partial charge is 0.388 e. The van der Waals surface area contributed by atoms with Crippen molar-refractivity contribution in [3.63, 3.8) is 0 Å². The van der Waals surface area contributed by atoms with Gasteiger partial charge in [-0.2, -0.15) is 4.98 Å². The molecule has 2 aliphatic heterocycles. The van der Waals surface area contributed by atoms with Gasteiger partial charge in [0.1, 0.15) is 42.4 Å². The third-order valence-corrected chi connectivity index (χ3v) is 10.4. The summed E-state index contributed by atoms with van der Waals surface area (Å²) in [5, 5.41) is 22.7. The number of imidazole rings is 2. The maximum absolute atomic E-state index is 13.2. The molecule has 3 fully saturated rings. The quantitative estimate of drug-likeness (QED) is 0.118. The van der Waals surface area contributed by atoms with Crippen LogP contribution in [0, 0.1) is 5.92 Å². The zero-order valence-electron chi connectivity index (χ0n) is 23.6. The van der Waals surface area contributed by atoms with Gasteiger partial charge in [-0.25, -0.2) is 29.1 Å². The number of nitrogen functional groups attached to an aromatic ring is 2. The molecule has 3 aliphatic rings. The first-order valence-corrected chi connectivity index (χ1v) is 16.7. The van der Waals surface area contributed by atoms with Crippen molar-refractivity contribution in [2.24, 2.45) is 5.92 Å². The summed E-state index contributed by atoms with van der Waals surface area (Å²) >= 11 is 0. The lowest BCUT2D eigenvalue weighted by atomic mass is 9.96. The van der Waals surface area contributed by atoms with Gasteiger partial charge in [-0.1, -0.05) is 0 Å². The van der Waals surface area contributed by atoms with E-state index >= 15 is 0 Å². The average Bonchev–Trinajstić information content (AvgIpc) is 3.73. The second-order valence-electron chi connectivity index (χ2n) is 11.3. The fourth-order valence-corrected chi connectivity index (χ4v) is 8.21. The Morgan fingerprint density at radius 3 is 2.43 bits per heavy atom. The van der Waals surface area contributed by atoms with Crippen molar-refractivity contribution < 1.29 is 52.0 Å². The number of aliphatic hydroxyl groups excluding tert-OH is 2. The van der Waals surface area contributed by atoms with Crippen LogP contribution in [0.5, 0.6) is 0 Å². The van der Waals surface area contributed by atoms with Crippen LogP contribution in [0.2, 0.25) is 0 Å². The van der Waals surface area contributed by atoms with Gasteiger partial charge in [-0.05, 0) is 13.3 Å². The molecule has 24 heteroatoms. The molecular weight excluding hydrogens is 658 g/mol. The van der Waals surface area contributed by atoms with Crippen molar-refractivity contribution in [3.8, 4) is 0 Å². The summed E-state index contributed by atoms with van der Waals surface area (Å²) in [6.07, 6.45) is -5.66. The molecule has 9 N–H and O–H groups in total. The van der Waals surface area contributed by atoms with Gasteiger partial charge >= 0.3 is 15.6 Å². The summed E-state index contributed by atoms with van der Waals surface area (Å²) in [4.78, 5) is 56.2. The summed E-state index contributed by atoms with van der Waals surface area (Å²) in [7, 11) is -9.99. The van der Waals surface area contributed by atoms with Gasteiger partial charge in [-0.3, -0.25) is 32.4 Å². The third-order valence-electron chi connectivity index (χ3n) is 8.40. The van der Waals surface area contributed by atoms with Crippen molar-refractivity contribution in [2.75, 3.05) is 24.7 Å². The van der Waals surface area contributed by atoms with Crippen LogP contribution >= 0.6 is 15.6 Å². The van der Waals surface area contributed by atoms with Crippen molar-refractivity contribution in [2.45, 2.75) is 55.6 Å². The number of H-pyrrole nitrogens is 1. The highest BCUT2D eigenvalue weighted by atomic mass is 31.2. The topological polar surface area (TPSA) is 320 Å². The highest BCUT2D eigenvalue weighted by Crippen LogP contribution is 2.56. The SMILES string of the molecule is CC1(n2cnc3c(N)ncnc32)C[C@@H]2COP(=O)(O)O[C@H]3[C@@H](O)[C@H](n4cnc5c(=O)[nH]c(N)nc54)O[C@@H]3COP(=O)(O)O[C@H]2[C@H]1O. The first-order valence-electron chi connectivity index (χ1n) is 13.7. The van der Waals surface area contributed by atoms with E-state index in [0.717, 1.165) is 10.9 Å². The largest absolute Gasteiger partial charge is 0.472 e. The number of anilines is 2. The highest BCUT2D eigenvalue weighted by Gasteiger charge is 2.57.